The number of hydrogen-bond donors (Lipinski definition) is 0. The summed E-state index contributed by atoms with van der Waals surface area (Å²) in [4.78, 5) is 14.9. The lowest BCUT2D eigenvalue weighted by Crippen LogP contribution is -2.26. The standard InChI is InChI=1S/C17H14N2OS/c18-10-15(17(20)16-6-3-9-21-16)12-19-8-7-13-4-1-2-5-14(13)11-19/h1-6,9,12H,7-8,11H2/b15-12-. The summed E-state index contributed by atoms with van der Waals surface area (Å²) in [5.74, 6) is -0.189. The minimum Gasteiger partial charge on any atom is -0.372 e. The van der Waals surface area contributed by atoms with Crippen molar-refractivity contribution in [1.82, 2.24) is 4.90 Å². The van der Waals surface area contributed by atoms with Crippen LogP contribution in [0.3, 0.4) is 0 Å². The van der Waals surface area contributed by atoms with Crippen molar-refractivity contribution in [1.29, 1.82) is 5.26 Å². The minimum absolute atomic E-state index is 0.189. The summed E-state index contributed by atoms with van der Waals surface area (Å²) in [6, 6.07) is 13.9. The molecule has 1 aromatic heterocycles. The van der Waals surface area contributed by atoms with Crippen LogP contribution in [0.1, 0.15) is 20.8 Å². The Morgan fingerprint density at radius 3 is 2.76 bits per heavy atom. The number of benzene rings is 1. The Morgan fingerprint density at radius 1 is 1.24 bits per heavy atom. The molecule has 1 aliphatic heterocycles. The summed E-state index contributed by atoms with van der Waals surface area (Å²) in [7, 11) is 0. The van der Waals surface area contributed by atoms with Gasteiger partial charge in [0.25, 0.3) is 0 Å². The van der Waals surface area contributed by atoms with Gasteiger partial charge in [-0.25, -0.2) is 0 Å². The number of rotatable bonds is 3. The van der Waals surface area contributed by atoms with Gasteiger partial charge >= 0.3 is 0 Å². The summed E-state index contributed by atoms with van der Waals surface area (Å²) in [5, 5.41) is 11.1. The Hall–Kier alpha value is -2.38. The van der Waals surface area contributed by atoms with Gasteiger partial charge in [0.1, 0.15) is 11.6 Å². The van der Waals surface area contributed by atoms with E-state index in [-0.39, 0.29) is 11.4 Å². The highest BCUT2D eigenvalue weighted by Crippen LogP contribution is 2.20. The minimum atomic E-state index is -0.189. The van der Waals surface area contributed by atoms with Crippen molar-refractivity contribution in [3.05, 3.63) is 69.6 Å². The van der Waals surface area contributed by atoms with E-state index in [1.165, 1.54) is 22.5 Å². The number of Topliss-reactive ketones (excluding diaryl/α,β-unsaturated/α-hetero) is 1. The van der Waals surface area contributed by atoms with Gasteiger partial charge in [0.15, 0.2) is 0 Å². The van der Waals surface area contributed by atoms with Crippen LogP contribution in [-0.4, -0.2) is 17.2 Å². The first-order chi connectivity index (χ1) is 10.3. The van der Waals surface area contributed by atoms with E-state index in [9.17, 15) is 10.1 Å². The van der Waals surface area contributed by atoms with Gasteiger partial charge in [-0.2, -0.15) is 5.26 Å². The zero-order valence-corrected chi connectivity index (χ0v) is 12.3. The fraction of sp³-hybridized carbons (Fsp3) is 0.176. The van der Waals surface area contributed by atoms with Crippen LogP contribution < -0.4 is 0 Å². The van der Waals surface area contributed by atoms with Crippen LogP contribution in [0.2, 0.25) is 0 Å². The van der Waals surface area contributed by atoms with Crippen molar-refractivity contribution >= 4 is 17.1 Å². The zero-order valence-electron chi connectivity index (χ0n) is 11.5. The van der Waals surface area contributed by atoms with E-state index in [4.69, 9.17) is 0 Å². The molecule has 4 heteroatoms. The molecule has 1 aliphatic rings. The highest BCUT2D eigenvalue weighted by Gasteiger charge is 2.17. The van der Waals surface area contributed by atoms with Gasteiger partial charge in [-0.1, -0.05) is 30.3 Å². The molecule has 0 fully saturated rings. The highest BCUT2D eigenvalue weighted by atomic mass is 32.1. The summed E-state index contributed by atoms with van der Waals surface area (Å²) < 4.78 is 0. The molecule has 3 nitrogen and oxygen atoms in total. The van der Waals surface area contributed by atoms with Crippen LogP contribution in [-0.2, 0) is 13.0 Å². The number of carbonyl (C=O) groups is 1. The van der Waals surface area contributed by atoms with Crippen LogP contribution in [0.5, 0.6) is 0 Å². The van der Waals surface area contributed by atoms with Crippen molar-refractivity contribution in [3.63, 3.8) is 0 Å². The first-order valence-corrected chi connectivity index (χ1v) is 7.67. The van der Waals surface area contributed by atoms with Crippen LogP contribution in [0.4, 0.5) is 0 Å². The number of carbonyl (C=O) groups excluding carboxylic acids is 1. The monoisotopic (exact) mass is 294 g/mol. The molecule has 21 heavy (non-hydrogen) atoms. The lowest BCUT2D eigenvalue weighted by Gasteiger charge is -2.27. The molecular weight excluding hydrogens is 280 g/mol. The van der Waals surface area contributed by atoms with Gasteiger partial charge < -0.3 is 4.90 Å². The van der Waals surface area contributed by atoms with Crippen molar-refractivity contribution in [2.45, 2.75) is 13.0 Å². The molecule has 2 heterocycles. The maximum absolute atomic E-state index is 12.2. The molecule has 0 atom stereocenters. The lowest BCUT2D eigenvalue weighted by molar-refractivity contribution is 0.104. The second-order valence-electron chi connectivity index (χ2n) is 4.95. The molecule has 0 aliphatic carbocycles. The molecule has 2 aromatic rings. The number of nitriles is 1. The molecule has 3 rings (SSSR count). The van der Waals surface area contributed by atoms with Gasteiger partial charge in [-0.05, 0) is 29.0 Å². The summed E-state index contributed by atoms with van der Waals surface area (Å²) in [6.07, 6.45) is 2.65. The van der Waals surface area contributed by atoms with E-state index < -0.39 is 0 Å². The molecule has 0 N–H and O–H groups in total. The molecule has 0 saturated carbocycles. The van der Waals surface area contributed by atoms with E-state index >= 15 is 0 Å². The molecule has 1 aromatic carbocycles. The van der Waals surface area contributed by atoms with Gasteiger partial charge in [-0.15, -0.1) is 11.3 Å². The van der Waals surface area contributed by atoms with E-state index in [1.807, 2.05) is 34.5 Å². The zero-order chi connectivity index (χ0) is 14.7. The fourth-order valence-corrected chi connectivity index (χ4v) is 3.17. The predicted molar refractivity (Wildman–Crippen MR) is 82.9 cm³/mol. The number of fused-ring (bicyclic) bond motifs is 1. The summed E-state index contributed by atoms with van der Waals surface area (Å²) >= 11 is 1.37. The number of hydrogen-bond acceptors (Lipinski definition) is 4. The average molecular weight is 294 g/mol. The number of allylic oxidation sites excluding steroid dienone is 1. The van der Waals surface area contributed by atoms with Crippen molar-refractivity contribution in [2.75, 3.05) is 6.54 Å². The highest BCUT2D eigenvalue weighted by molar-refractivity contribution is 7.12. The molecule has 0 saturated heterocycles. The predicted octanol–water partition coefficient (Wildman–Crippen LogP) is 3.40. The van der Waals surface area contributed by atoms with E-state index in [2.05, 4.69) is 12.1 Å². The molecular formula is C17H14N2OS. The van der Waals surface area contributed by atoms with E-state index in [0.717, 1.165) is 19.5 Å². The Bertz CT molecular complexity index is 725. The maximum Gasteiger partial charge on any atom is 0.214 e. The van der Waals surface area contributed by atoms with Gasteiger partial charge in [0.05, 0.1) is 4.88 Å². The van der Waals surface area contributed by atoms with Gasteiger partial charge in [0.2, 0.25) is 5.78 Å². The van der Waals surface area contributed by atoms with Crippen LogP contribution in [0, 0.1) is 11.3 Å². The summed E-state index contributed by atoms with van der Waals surface area (Å²) in [6.45, 7) is 1.58. The van der Waals surface area contributed by atoms with E-state index in [0.29, 0.717) is 4.88 Å². The first-order valence-electron chi connectivity index (χ1n) is 6.79. The quantitative estimate of drug-likeness (QED) is 0.495. The smallest absolute Gasteiger partial charge is 0.214 e. The van der Waals surface area contributed by atoms with Crippen molar-refractivity contribution in [2.24, 2.45) is 0 Å². The Kier molecular flexibility index (Phi) is 3.85. The lowest BCUT2D eigenvalue weighted by atomic mass is 10.00. The van der Waals surface area contributed by atoms with Gasteiger partial charge in [0, 0.05) is 19.3 Å². The summed E-state index contributed by atoms with van der Waals surface area (Å²) in [5.41, 5.74) is 2.82. The van der Waals surface area contributed by atoms with Crippen molar-refractivity contribution < 1.29 is 4.79 Å². The Morgan fingerprint density at radius 2 is 2.05 bits per heavy atom. The second-order valence-corrected chi connectivity index (χ2v) is 5.90. The Labute approximate surface area is 127 Å². The molecule has 0 unspecified atom stereocenters. The average Bonchev–Trinajstić information content (AvgIpc) is 3.06. The van der Waals surface area contributed by atoms with Crippen LogP contribution in [0.15, 0.2) is 53.6 Å². The molecule has 0 bridgehead atoms. The van der Waals surface area contributed by atoms with Crippen molar-refractivity contribution in [3.8, 4) is 6.07 Å². The Balaban J connectivity index is 1.81. The number of nitrogens with zero attached hydrogens (tertiary/aromatic N) is 2. The third kappa shape index (κ3) is 2.88. The van der Waals surface area contributed by atoms with Crippen LogP contribution in [0.25, 0.3) is 0 Å². The normalized spacial score (nSPS) is 14.4. The SMILES string of the molecule is N#C/C(=C/N1CCc2ccccc2C1)C(=O)c1cccs1. The molecule has 0 amide bonds. The van der Waals surface area contributed by atoms with Gasteiger partial charge in [-0.3, -0.25) is 4.79 Å². The number of thiophene rings is 1. The largest absolute Gasteiger partial charge is 0.372 e. The maximum atomic E-state index is 12.2. The molecule has 0 spiro atoms. The fourth-order valence-electron chi connectivity index (χ4n) is 2.49. The van der Waals surface area contributed by atoms with Crippen LogP contribution >= 0.6 is 11.3 Å². The second kappa shape index (κ2) is 5.94. The molecule has 104 valence electrons. The number of ketones is 1. The topological polar surface area (TPSA) is 44.1 Å². The third-order valence-corrected chi connectivity index (χ3v) is 4.45. The molecule has 0 radical (unpaired) electrons. The first kappa shape index (κ1) is 13.6. The van der Waals surface area contributed by atoms with E-state index in [1.54, 1.807) is 12.3 Å². The third-order valence-electron chi connectivity index (χ3n) is 3.58.